The second-order valence-corrected chi connectivity index (χ2v) is 6.41. The van der Waals surface area contributed by atoms with Gasteiger partial charge in [0.2, 0.25) is 0 Å². The molecular formula is C23H29N. The lowest BCUT2D eigenvalue weighted by molar-refractivity contribution is 0.666. The Balaban J connectivity index is 1.88. The summed E-state index contributed by atoms with van der Waals surface area (Å²) in [6, 6.07) is 12.8. The van der Waals surface area contributed by atoms with Gasteiger partial charge >= 0.3 is 0 Å². The summed E-state index contributed by atoms with van der Waals surface area (Å²) in [6.45, 7) is 4.47. The summed E-state index contributed by atoms with van der Waals surface area (Å²) in [4.78, 5) is 4.48. The van der Waals surface area contributed by atoms with E-state index in [4.69, 9.17) is 0 Å². The van der Waals surface area contributed by atoms with E-state index < -0.39 is 0 Å². The van der Waals surface area contributed by atoms with E-state index in [9.17, 15) is 0 Å². The average molecular weight is 319 g/mol. The number of pyridine rings is 1. The van der Waals surface area contributed by atoms with Crippen molar-refractivity contribution in [2.45, 2.75) is 65.2 Å². The number of aromatic nitrogens is 1. The van der Waals surface area contributed by atoms with E-state index >= 15 is 0 Å². The lowest BCUT2D eigenvalue weighted by Gasteiger charge is -2.01. The van der Waals surface area contributed by atoms with E-state index in [1.807, 2.05) is 12.3 Å². The van der Waals surface area contributed by atoms with Crippen molar-refractivity contribution in [3.8, 4) is 11.8 Å². The van der Waals surface area contributed by atoms with E-state index in [0.717, 1.165) is 24.1 Å². The zero-order chi connectivity index (χ0) is 17.0. The Bertz CT molecular complexity index is 641. The number of hydrogen-bond acceptors (Lipinski definition) is 1. The molecule has 126 valence electrons. The second-order valence-electron chi connectivity index (χ2n) is 6.41. The monoisotopic (exact) mass is 319 g/mol. The quantitative estimate of drug-likeness (QED) is 0.433. The molecule has 1 aromatic heterocycles. The van der Waals surface area contributed by atoms with Gasteiger partial charge in [-0.15, -0.1) is 0 Å². The van der Waals surface area contributed by atoms with Crippen LogP contribution in [0.15, 0.2) is 42.6 Å². The van der Waals surface area contributed by atoms with Gasteiger partial charge in [-0.1, -0.05) is 63.7 Å². The zero-order valence-corrected chi connectivity index (χ0v) is 15.1. The van der Waals surface area contributed by atoms with Gasteiger partial charge in [0.05, 0.1) is 0 Å². The topological polar surface area (TPSA) is 12.9 Å². The molecule has 1 aromatic carbocycles. The maximum Gasteiger partial charge on any atom is 0.113 e. The molecule has 0 aliphatic rings. The van der Waals surface area contributed by atoms with Crippen LogP contribution in [-0.4, -0.2) is 4.98 Å². The fourth-order valence-electron chi connectivity index (χ4n) is 2.67. The van der Waals surface area contributed by atoms with Crippen LogP contribution in [0.2, 0.25) is 0 Å². The van der Waals surface area contributed by atoms with Crippen LogP contribution in [0.3, 0.4) is 0 Å². The Labute approximate surface area is 147 Å². The molecule has 0 atom stereocenters. The Kier molecular flexibility index (Phi) is 8.11. The van der Waals surface area contributed by atoms with E-state index in [1.54, 1.807) is 0 Å². The number of rotatable bonds is 8. The van der Waals surface area contributed by atoms with Crippen LogP contribution in [0.25, 0.3) is 0 Å². The first kappa shape index (κ1) is 18.3. The summed E-state index contributed by atoms with van der Waals surface area (Å²) in [5.74, 6) is 6.38. The summed E-state index contributed by atoms with van der Waals surface area (Å²) in [5, 5.41) is 0. The molecule has 1 nitrogen and oxygen atoms in total. The maximum atomic E-state index is 4.48. The van der Waals surface area contributed by atoms with Gasteiger partial charge in [-0.2, -0.15) is 0 Å². The first-order valence-corrected chi connectivity index (χ1v) is 9.37. The third-order valence-electron chi connectivity index (χ3n) is 4.25. The minimum absolute atomic E-state index is 0.849. The third kappa shape index (κ3) is 6.59. The Hall–Kier alpha value is -2.07. The lowest BCUT2D eigenvalue weighted by atomic mass is 10.1. The summed E-state index contributed by atoms with van der Waals surface area (Å²) in [5.41, 5.74) is 4.62. The number of aryl methyl sites for hydroxylation is 2. The molecule has 0 N–H and O–H groups in total. The molecular weight excluding hydrogens is 290 g/mol. The molecule has 0 saturated carbocycles. The number of unbranched alkanes of at least 4 members (excludes halogenated alkanes) is 4. The van der Waals surface area contributed by atoms with E-state index in [1.165, 1.54) is 49.7 Å². The zero-order valence-electron chi connectivity index (χ0n) is 15.1. The average Bonchev–Trinajstić information content (AvgIpc) is 2.64. The number of hydrogen-bond donors (Lipinski definition) is 0. The highest BCUT2D eigenvalue weighted by Crippen LogP contribution is 2.09. The van der Waals surface area contributed by atoms with E-state index in [-0.39, 0.29) is 0 Å². The summed E-state index contributed by atoms with van der Waals surface area (Å²) < 4.78 is 0. The van der Waals surface area contributed by atoms with Crippen molar-refractivity contribution < 1.29 is 0 Å². The largest absolute Gasteiger partial charge is 0.248 e. The molecule has 0 spiro atoms. The molecule has 2 aromatic rings. The normalized spacial score (nSPS) is 10.2. The van der Waals surface area contributed by atoms with Gasteiger partial charge in [-0.25, -0.2) is 4.98 Å². The van der Waals surface area contributed by atoms with E-state index in [2.05, 4.69) is 61.0 Å². The summed E-state index contributed by atoms with van der Waals surface area (Å²) in [6.07, 6.45) is 11.9. The van der Waals surface area contributed by atoms with Gasteiger partial charge < -0.3 is 0 Å². The van der Waals surface area contributed by atoms with Crippen molar-refractivity contribution in [2.75, 3.05) is 0 Å². The summed E-state index contributed by atoms with van der Waals surface area (Å²) in [7, 11) is 0. The fourth-order valence-corrected chi connectivity index (χ4v) is 2.67. The lowest BCUT2D eigenvalue weighted by Crippen LogP contribution is -1.89. The SMILES string of the molecule is CCCCCCc1ccc(C#Cc2ccc(CCCC)cc2)nc1. The van der Waals surface area contributed by atoms with Crippen molar-refractivity contribution in [1.82, 2.24) is 4.98 Å². The van der Waals surface area contributed by atoms with Crippen molar-refractivity contribution >= 4 is 0 Å². The molecule has 0 aliphatic carbocycles. The first-order valence-electron chi connectivity index (χ1n) is 9.37. The van der Waals surface area contributed by atoms with Gasteiger partial charge in [0.25, 0.3) is 0 Å². The molecule has 0 radical (unpaired) electrons. The predicted molar refractivity (Wildman–Crippen MR) is 103 cm³/mol. The van der Waals surface area contributed by atoms with Crippen LogP contribution >= 0.6 is 0 Å². The van der Waals surface area contributed by atoms with Crippen LogP contribution in [-0.2, 0) is 12.8 Å². The highest BCUT2D eigenvalue weighted by molar-refractivity contribution is 5.41. The molecule has 0 bridgehead atoms. The van der Waals surface area contributed by atoms with Crippen molar-refractivity contribution in [1.29, 1.82) is 0 Å². The summed E-state index contributed by atoms with van der Waals surface area (Å²) >= 11 is 0. The van der Waals surface area contributed by atoms with Gasteiger partial charge in [-0.3, -0.25) is 0 Å². The third-order valence-corrected chi connectivity index (χ3v) is 4.25. The Morgan fingerprint density at radius 2 is 1.42 bits per heavy atom. The van der Waals surface area contributed by atoms with Crippen LogP contribution in [0.1, 0.15) is 74.8 Å². The van der Waals surface area contributed by atoms with Gasteiger partial charge in [-0.05, 0) is 60.9 Å². The highest BCUT2D eigenvalue weighted by Gasteiger charge is 1.96. The van der Waals surface area contributed by atoms with Gasteiger partial charge in [0.15, 0.2) is 0 Å². The number of benzene rings is 1. The smallest absolute Gasteiger partial charge is 0.113 e. The minimum atomic E-state index is 0.849. The molecule has 1 heteroatoms. The highest BCUT2D eigenvalue weighted by atomic mass is 14.7. The minimum Gasteiger partial charge on any atom is -0.248 e. The van der Waals surface area contributed by atoms with Crippen LogP contribution in [0, 0.1) is 11.8 Å². The van der Waals surface area contributed by atoms with Crippen molar-refractivity contribution in [2.24, 2.45) is 0 Å². The van der Waals surface area contributed by atoms with E-state index in [0.29, 0.717) is 0 Å². The second kappa shape index (κ2) is 10.7. The Morgan fingerprint density at radius 1 is 0.708 bits per heavy atom. The molecule has 0 aliphatic heterocycles. The van der Waals surface area contributed by atoms with Crippen LogP contribution in [0.4, 0.5) is 0 Å². The van der Waals surface area contributed by atoms with Gasteiger partial charge in [0.1, 0.15) is 5.69 Å². The standard InChI is InChI=1S/C23H29N/c1-3-5-7-8-10-22-16-18-23(24-19-22)17-15-21-13-11-20(12-14-21)9-6-4-2/h11-14,16,18-19H,3-10H2,1-2H3. The molecule has 24 heavy (non-hydrogen) atoms. The molecule has 0 fully saturated rings. The van der Waals surface area contributed by atoms with Crippen molar-refractivity contribution in [3.05, 3.63) is 65.0 Å². The van der Waals surface area contributed by atoms with Crippen molar-refractivity contribution in [3.63, 3.8) is 0 Å². The van der Waals surface area contributed by atoms with Gasteiger partial charge in [0, 0.05) is 11.8 Å². The molecule has 0 amide bonds. The molecule has 0 saturated heterocycles. The maximum absolute atomic E-state index is 4.48. The fraction of sp³-hybridized carbons (Fsp3) is 0.435. The molecule has 1 heterocycles. The molecule has 2 rings (SSSR count). The Morgan fingerprint density at radius 3 is 2.08 bits per heavy atom. The molecule has 0 unspecified atom stereocenters. The predicted octanol–water partition coefficient (Wildman–Crippen LogP) is 5.95. The first-order chi connectivity index (χ1) is 11.8. The number of nitrogens with zero attached hydrogens (tertiary/aromatic N) is 1. The van der Waals surface area contributed by atoms with Crippen LogP contribution < -0.4 is 0 Å². The van der Waals surface area contributed by atoms with Crippen LogP contribution in [0.5, 0.6) is 0 Å².